The Bertz CT molecular complexity index is 1020. The first-order chi connectivity index (χ1) is 14.7. The Labute approximate surface area is 182 Å². The predicted octanol–water partition coefficient (Wildman–Crippen LogP) is 2.95. The van der Waals surface area contributed by atoms with Gasteiger partial charge in [0, 0.05) is 44.1 Å². The highest BCUT2D eigenvalue weighted by Gasteiger charge is 2.51. The van der Waals surface area contributed by atoms with Crippen molar-refractivity contribution in [3.8, 4) is 0 Å². The number of piperazine rings is 1. The maximum atomic E-state index is 14.4. The summed E-state index contributed by atoms with van der Waals surface area (Å²) in [6.07, 6.45) is -2.46. The van der Waals surface area contributed by atoms with E-state index in [1.807, 2.05) is 0 Å². The van der Waals surface area contributed by atoms with Gasteiger partial charge in [0.05, 0.1) is 11.4 Å². The predicted molar refractivity (Wildman–Crippen MR) is 105 cm³/mol. The number of rotatable bonds is 6. The summed E-state index contributed by atoms with van der Waals surface area (Å²) < 4.78 is 94.5. The molecule has 2 aromatic rings. The highest BCUT2D eigenvalue weighted by molar-refractivity contribution is 7.89. The molecule has 176 valence electrons. The van der Waals surface area contributed by atoms with E-state index in [4.69, 9.17) is 0 Å². The van der Waals surface area contributed by atoms with Crippen LogP contribution < -0.4 is 0 Å². The Morgan fingerprint density at radius 3 is 2.06 bits per heavy atom. The number of hydrogen-bond donors (Lipinski definition) is 1. The molecule has 0 bridgehead atoms. The number of aromatic nitrogens is 1. The summed E-state index contributed by atoms with van der Waals surface area (Å²) in [6, 6.07) is 6.48. The second-order valence-corrected chi connectivity index (χ2v) is 9.66. The van der Waals surface area contributed by atoms with Gasteiger partial charge in [0.15, 0.2) is 5.60 Å². The minimum absolute atomic E-state index is 0.0481. The van der Waals surface area contributed by atoms with Crippen LogP contribution >= 0.6 is 0 Å². The molecule has 12 heteroatoms. The van der Waals surface area contributed by atoms with Gasteiger partial charge in [-0.25, -0.2) is 8.42 Å². The summed E-state index contributed by atoms with van der Waals surface area (Å²) in [4.78, 5) is 4.90. The molecule has 2 heterocycles. The lowest BCUT2D eigenvalue weighted by Crippen LogP contribution is -2.50. The molecular weight excluding hydrogens is 457 g/mol. The minimum atomic E-state index is -4.93. The van der Waals surface area contributed by atoms with Gasteiger partial charge in [-0.15, -0.1) is 0 Å². The number of halogens is 5. The van der Waals surface area contributed by atoms with Gasteiger partial charge in [0.25, 0.3) is 5.92 Å². The van der Waals surface area contributed by atoms with Gasteiger partial charge in [-0.2, -0.15) is 26.3 Å². The minimum Gasteiger partial charge on any atom is -0.376 e. The topological polar surface area (TPSA) is 73.7 Å². The highest BCUT2D eigenvalue weighted by atomic mass is 32.2. The zero-order valence-corrected chi connectivity index (χ0v) is 17.9. The van der Waals surface area contributed by atoms with Crippen LogP contribution in [0.4, 0.5) is 22.0 Å². The molecule has 1 N–H and O–H groups in total. The van der Waals surface area contributed by atoms with Crippen LogP contribution in [0.25, 0.3) is 0 Å². The van der Waals surface area contributed by atoms with E-state index in [0.717, 1.165) is 34.8 Å². The fourth-order valence-corrected chi connectivity index (χ4v) is 4.77. The normalized spacial score (nSPS) is 19.0. The number of pyridine rings is 1. The fourth-order valence-electron chi connectivity index (χ4n) is 3.34. The Balaban J connectivity index is 1.66. The molecule has 1 fully saturated rings. The zero-order chi connectivity index (χ0) is 23.8. The van der Waals surface area contributed by atoms with Crippen LogP contribution in [0, 0.1) is 0 Å². The van der Waals surface area contributed by atoms with Crippen LogP contribution in [0.15, 0.2) is 53.7 Å². The quantitative estimate of drug-likeness (QED) is 0.645. The highest BCUT2D eigenvalue weighted by Crippen LogP contribution is 2.38. The van der Waals surface area contributed by atoms with E-state index < -0.39 is 39.8 Å². The molecule has 1 aromatic carbocycles. The van der Waals surface area contributed by atoms with Crippen LogP contribution in [-0.4, -0.2) is 66.6 Å². The third-order valence-electron chi connectivity index (χ3n) is 5.44. The Kier molecular flexibility index (Phi) is 6.62. The molecule has 0 aliphatic carbocycles. The molecule has 0 radical (unpaired) electrons. The Morgan fingerprint density at radius 1 is 0.969 bits per heavy atom. The second-order valence-electron chi connectivity index (χ2n) is 7.72. The number of benzene rings is 1. The summed E-state index contributed by atoms with van der Waals surface area (Å²) in [5.41, 5.74) is -3.85. The monoisotopic (exact) mass is 479 g/mol. The number of hydrogen-bond acceptors (Lipinski definition) is 5. The molecule has 0 saturated carbocycles. The number of sulfonamides is 1. The van der Waals surface area contributed by atoms with E-state index in [1.54, 1.807) is 0 Å². The molecule has 1 aliphatic heterocycles. The third kappa shape index (κ3) is 4.92. The number of aliphatic hydroxyl groups is 1. The van der Waals surface area contributed by atoms with Crippen molar-refractivity contribution >= 4 is 10.0 Å². The van der Waals surface area contributed by atoms with E-state index in [0.29, 0.717) is 6.92 Å². The maximum absolute atomic E-state index is 14.4. The summed E-state index contributed by atoms with van der Waals surface area (Å²) in [5, 5.41) is 9.71. The lowest BCUT2D eigenvalue weighted by molar-refractivity contribution is -0.258. The molecular formula is C20H22F5N3O3S. The Hall–Kier alpha value is -2.15. The van der Waals surface area contributed by atoms with E-state index in [1.165, 1.54) is 23.2 Å². The van der Waals surface area contributed by atoms with Gasteiger partial charge in [-0.05, 0) is 36.8 Å². The number of alkyl halides is 5. The van der Waals surface area contributed by atoms with Gasteiger partial charge in [0.2, 0.25) is 10.0 Å². The fraction of sp³-hybridized carbons (Fsp3) is 0.450. The average molecular weight is 479 g/mol. The molecule has 3 rings (SSSR count). The molecule has 1 saturated heterocycles. The van der Waals surface area contributed by atoms with Crippen LogP contribution in [0.3, 0.4) is 0 Å². The van der Waals surface area contributed by atoms with Crippen LogP contribution in [0.5, 0.6) is 0 Å². The molecule has 1 atom stereocenters. The van der Waals surface area contributed by atoms with Gasteiger partial charge < -0.3 is 5.11 Å². The van der Waals surface area contributed by atoms with Crippen molar-refractivity contribution in [3.05, 3.63) is 59.9 Å². The SMILES string of the molecule is CC(O)(c1ccc(S(=O)(=O)N2CCN(CC(F)(F)c3cccnc3)CC2)cc1)C(F)(F)F. The molecule has 0 amide bonds. The smallest absolute Gasteiger partial charge is 0.376 e. The first-order valence-electron chi connectivity index (χ1n) is 9.66. The van der Waals surface area contributed by atoms with E-state index in [9.17, 15) is 35.5 Å². The van der Waals surface area contributed by atoms with Gasteiger partial charge >= 0.3 is 6.18 Å². The first kappa shape index (κ1) is 24.5. The van der Waals surface area contributed by atoms with E-state index >= 15 is 0 Å². The zero-order valence-electron chi connectivity index (χ0n) is 17.1. The molecule has 1 aliphatic rings. The Morgan fingerprint density at radius 2 is 1.56 bits per heavy atom. The van der Waals surface area contributed by atoms with Crippen molar-refractivity contribution in [3.63, 3.8) is 0 Å². The van der Waals surface area contributed by atoms with Crippen molar-refractivity contribution in [2.45, 2.75) is 29.5 Å². The first-order valence-corrected chi connectivity index (χ1v) is 11.1. The van der Waals surface area contributed by atoms with Crippen molar-refractivity contribution in [2.24, 2.45) is 0 Å². The maximum Gasteiger partial charge on any atom is 0.421 e. The molecule has 6 nitrogen and oxygen atoms in total. The van der Waals surface area contributed by atoms with Gasteiger partial charge in [-0.1, -0.05) is 12.1 Å². The molecule has 1 aromatic heterocycles. The standard InChI is InChI=1S/C20H22F5N3O3S/c1-18(29,20(23,24)25)15-4-6-17(7-5-15)32(30,31)28-11-9-27(10-12-28)14-19(21,22)16-3-2-8-26-13-16/h2-8,13,29H,9-12,14H2,1H3. The lowest BCUT2D eigenvalue weighted by Gasteiger charge is -2.35. The summed E-state index contributed by atoms with van der Waals surface area (Å²) in [7, 11) is -4.03. The second kappa shape index (κ2) is 8.65. The van der Waals surface area contributed by atoms with Crippen LogP contribution in [0.1, 0.15) is 18.1 Å². The summed E-state index contributed by atoms with van der Waals surface area (Å²) in [6.45, 7) is 0.0255. The summed E-state index contributed by atoms with van der Waals surface area (Å²) >= 11 is 0. The average Bonchev–Trinajstić information content (AvgIpc) is 2.74. The van der Waals surface area contributed by atoms with E-state index in [2.05, 4.69) is 4.98 Å². The van der Waals surface area contributed by atoms with Crippen molar-refractivity contribution in [2.75, 3.05) is 32.7 Å². The van der Waals surface area contributed by atoms with Gasteiger partial charge in [0.1, 0.15) is 0 Å². The van der Waals surface area contributed by atoms with Crippen molar-refractivity contribution < 1.29 is 35.5 Å². The molecule has 1 unspecified atom stereocenters. The summed E-state index contributed by atoms with van der Waals surface area (Å²) in [5.74, 6) is -3.15. The number of nitrogens with zero attached hydrogens (tertiary/aromatic N) is 3. The largest absolute Gasteiger partial charge is 0.421 e. The van der Waals surface area contributed by atoms with Crippen LogP contribution in [0.2, 0.25) is 0 Å². The van der Waals surface area contributed by atoms with Gasteiger partial charge in [-0.3, -0.25) is 9.88 Å². The third-order valence-corrected chi connectivity index (χ3v) is 7.36. The molecule has 0 spiro atoms. The molecule has 32 heavy (non-hydrogen) atoms. The lowest BCUT2D eigenvalue weighted by atomic mass is 9.96. The van der Waals surface area contributed by atoms with E-state index in [-0.39, 0.29) is 36.6 Å². The van der Waals surface area contributed by atoms with Crippen molar-refractivity contribution in [1.82, 2.24) is 14.2 Å². The van der Waals surface area contributed by atoms with Crippen LogP contribution in [-0.2, 0) is 21.5 Å². The van der Waals surface area contributed by atoms with Crippen molar-refractivity contribution in [1.29, 1.82) is 0 Å².